The zero-order valence-corrected chi connectivity index (χ0v) is 12.1. The summed E-state index contributed by atoms with van der Waals surface area (Å²) >= 11 is 0. The van der Waals surface area contributed by atoms with E-state index >= 15 is 0 Å². The predicted molar refractivity (Wildman–Crippen MR) is 78.5 cm³/mol. The van der Waals surface area contributed by atoms with Crippen molar-refractivity contribution in [2.24, 2.45) is 5.14 Å². The van der Waals surface area contributed by atoms with Crippen molar-refractivity contribution >= 4 is 16.3 Å². The molecule has 2 aromatic rings. The maximum atomic E-state index is 11.1. The maximum absolute atomic E-state index is 11.1. The average molecular weight is 323 g/mol. The highest BCUT2D eigenvalue weighted by atomic mass is 32.2. The highest BCUT2D eigenvalue weighted by Crippen LogP contribution is 2.37. The fourth-order valence-corrected chi connectivity index (χ4v) is 2.10. The second kappa shape index (κ2) is 6.14. The number of hydrogen-bond acceptors (Lipinski definition) is 4. The number of aromatic carboxylic acids is 1. The first kappa shape index (κ1) is 16.0. The molecule has 0 unspecified atom stereocenters. The van der Waals surface area contributed by atoms with Gasteiger partial charge in [-0.05, 0) is 23.8 Å². The van der Waals surface area contributed by atoms with Crippen LogP contribution in [-0.2, 0) is 16.7 Å². The van der Waals surface area contributed by atoms with Crippen molar-refractivity contribution in [3.63, 3.8) is 0 Å². The number of nitrogens with two attached hydrogens (primary N) is 1. The molecule has 0 bridgehead atoms. The molecule has 0 fully saturated rings. The van der Waals surface area contributed by atoms with E-state index in [1.165, 1.54) is 0 Å². The largest absolute Gasteiger partial charge is 0.478 e. The van der Waals surface area contributed by atoms with Crippen LogP contribution in [0.2, 0.25) is 0 Å². The molecule has 22 heavy (non-hydrogen) atoms. The lowest BCUT2D eigenvalue weighted by Gasteiger charge is -2.21. The van der Waals surface area contributed by atoms with E-state index < -0.39 is 16.3 Å². The van der Waals surface area contributed by atoms with Crippen LogP contribution in [0.25, 0.3) is 0 Å². The van der Waals surface area contributed by atoms with Crippen LogP contribution in [0.1, 0.15) is 21.5 Å². The standard InChI is InChI=1S/C14H10O3.H3NO3S/c15-14(16)10-5-3-7-13-11(10)8-9-4-1-2-6-12(9)17-13;1-5(2,3)4/h1-7H,8H2,(H,15,16);(H3,1,2,3,4). The molecule has 0 saturated heterocycles. The third kappa shape index (κ3) is 4.04. The lowest BCUT2D eigenvalue weighted by molar-refractivity contribution is 0.0695. The quantitative estimate of drug-likeness (QED) is 0.586. The fraction of sp³-hybridized carbons (Fsp3) is 0.0714. The van der Waals surface area contributed by atoms with Gasteiger partial charge in [-0.2, -0.15) is 8.42 Å². The summed E-state index contributed by atoms with van der Waals surface area (Å²) in [5.74, 6) is 0.538. The van der Waals surface area contributed by atoms with Gasteiger partial charge in [-0.3, -0.25) is 4.55 Å². The van der Waals surface area contributed by atoms with Gasteiger partial charge < -0.3 is 9.84 Å². The fourth-order valence-electron chi connectivity index (χ4n) is 2.10. The average Bonchev–Trinajstić information content (AvgIpc) is 2.42. The zero-order valence-electron chi connectivity index (χ0n) is 11.3. The normalized spacial score (nSPS) is 12.1. The molecular formula is C14H13NO6S. The lowest BCUT2D eigenvalue weighted by Crippen LogP contribution is -2.09. The van der Waals surface area contributed by atoms with Crippen molar-refractivity contribution in [1.82, 2.24) is 0 Å². The smallest absolute Gasteiger partial charge is 0.336 e. The maximum Gasteiger partial charge on any atom is 0.336 e. The third-order valence-electron chi connectivity index (χ3n) is 2.92. The van der Waals surface area contributed by atoms with Gasteiger partial charge in [-0.25, -0.2) is 9.93 Å². The van der Waals surface area contributed by atoms with Crippen LogP contribution in [0.5, 0.6) is 11.5 Å². The Morgan fingerprint density at radius 1 is 1.09 bits per heavy atom. The van der Waals surface area contributed by atoms with Crippen molar-refractivity contribution in [2.45, 2.75) is 6.42 Å². The van der Waals surface area contributed by atoms with Crippen molar-refractivity contribution in [3.05, 3.63) is 59.2 Å². The molecule has 0 spiro atoms. The van der Waals surface area contributed by atoms with Crippen LogP contribution in [-0.4, -0.2) is 24.0 Å². The number of ether oxygens (including phenoxy) is 1. The van der Waals surface area contributed by atoms with Crippen LogP contribution in [0.3, 0.4) is 0 Å². The molecule has 0 saturated carbocycles. The summed E-state index contributed by atoms with van der Waals surface area (Å²) in [4.78, 5) is 11.1. The van der Waals surface area contributed by atoms with Crippen LogP contribution in [0.15, 0.2) is 42.5 Å². The second-order valence-electron chi connectivity index (χ2n) is 4.49. The van der Waals surface area contributed by atoms with E-state index in [-0.39, 0.29) is 0 Å². The van der Waals surface area contributed by atoms with Crippen LogP contribution < -0.4 is 9.88 Å². The molecule has 0 aliphatic carbocycles. The molecule has 0 atom stereocenters. The van der Waals surface area contributed by atoms with E-state index in [1.54, 1.807) is 18.2 Å². The Balaban J connectivity index is 0.000000309. The van der Waals surface area contributed by atoms with Crippen LogP contribution >= 0.6 is 0 Å². The summed E-state index contributed by atoms with van der Waals surface area (Å²) in [7, 11) is -4.17. The molecule has 0 radical (unpaired) electrons. The Morgan fingerprint density at radius 2 is 1.68 bits per heavy atom. The minimum Gasteiger partial charge on any atom is -0.478 e. The van der Waals surface area contributed by atoms with Gasteiger partial charge >= 0.3 is 16.3 Å². The molecule has 1 aliphatic rings. The molecule has 3 rings (SSSR count). The van der Waals surface area contributed by atoms with Gasteiger partial charge in [0, 0.05) is 12.0 Å². The van der Waals surface area contributed by atoms with E-state index in [0.29, 0.717) is 17.7 Å². The van der Waals surface area contributed by atoms with Gasteiger partial charge in [0.05, 0.1) is 5.56 Å². The van der Waals surface area contributed by atoms with E-state index in [1.807, 2.05) is 24.3 Å². The predicted octanol–water partition coefficient (Wildman–Crippen LogP) is 1.83. The summed E-state index contributed by atoms with van der Waals surface area (Å²) in [6, 6.07) is 12.8. The first-order valence-electron chi connectivity index (χ1n) is 6.12. The summed E-state index contributed by atoms with van der Waals surface area (Å²) < 4.78 is 30.9. The Bertz CT molecular complexity index is 808. The topological polar surface area (TPSA) is 127 Å². The summed E-state index contributed by atoms with van der Waals surface area (Å²) in [5.41, 5.74) is 2.09. The summed E-state index contributed by atoms with van der Waals surface area (Å²) in [6.07, 6.45) is 0.605. The number of benzene rings is 2. The third-order valence-corrected chi connectivity index (χ3v) is 2.92. The molecule has 0 amide bonds. The first-order chi connectivity index (χ1) is 10.3. The molecule has 4 N–H and O–H groups in total. The van der Waals surface area contributed by atoms with Crippen LogP contribution in [0, 0.1) is 0 Å². The van der Waals surface area contributed by atoms with Gasteiger partial charge in [0.2, 0.25) is 0 Å². The van der Waals surface area contributed by atoms with Crippen molar-refractivity contribution in [3.8, 4) is 11.5 Å². The molecule has 2 aromatic carbocycles. The lowest BCUT2D eigenvalue weighted by atomic mass is 9.96. The first-order valence-corrected chi connectivity index (χ1v) is 7.62. The van der Waals surface area contributed by atoms with E-state index in [9.17, 15) is 4.79 Å². The SMILES string of the molecule is NS(=O)(=O)O.O=C(O)c1cccc2c1Cc1ccccc1O2. The minimum atomic E-state index is -4.17. The Hall–Kier alpha value is -2.42. The molecule has 1 aliphatic heterocycles. The van der Waals surface area contributed by atoms with Gasteiger partial charge in [-0.15, -0.1) is 0 Å². The molecule has 8 heteroatoms. The van der Waals surface area contributed by atoms with Gasteiger partial charge in [0.1, 0.15) is 11.5 Å². The number of para-hydroxylation sites is 1. The van der Waals surface area contributed by atoms with Crippen molar-refractivity contribution in [1.29, 1.82) is 0 Å². The Labute approximate surface area is 126 Å². The number of carbonyl (C=O) groups is 1. The molecule has 0 aromatic heterocycles. The second-order valence-corrected chi connectivity index (χ2v) is 5.52. The number of fused-ring (bicyclic) bond motifs is 2. The highest BCUT2D eigenvalue weighted by Gasteiger charge is 2.21. The molecular weight excluding hydrogens is 310 g/mol. The van der Waals surface area contributed by atoms with Crippen molar-refractivity contribution < 1.29 is 27.6 Å². The van der Waals surface area contributed by atoms with Gasteiger partial charge in [0.25, 0.3) is 0 Å². The van der Waals surface area contributed by atoms with Crippen LogP contribution in [0.4, 0.5) is 0 Å². The molecule has 116 valence electrons. The van der Waals surface area contributed by atoms with Gasteiger partial charge in [-0.1, -0.05) is 24.3 Å². The number of rotatable bonds is 1. The van der Waals surface area contributed by atoms with E-state index in [0.717, 1.165) is 16.9 Å². The molecule has 7 nitrogen and oxygen atoms in total. The molecule has 1 heterocycles. The number of hydrogen-bond donors (Lipinski definition) is 3. The zero-order chi connectivity index (χ0) is 16.3. The summed E-state index contributed by atoms with van der Waals surface area (Å²) in [5, 5.41) is 13.0. The van der Waals surface area contributed by atoms with Crippen molar-refractivity contribution in [2.75, 3.05) is 0 Å². The van der Waals surface area contributed by atoms with Gasteiger partial charge in [0.15, 0.2) is 0 Å². The Morgan fingerprint density at radius 3 is 2.32 bits per heavy atom. The van der Waals surface area contributed by atoms with E-state index in [4.69, 9.17) is 22.8 Å². The minimum absolute atomic E-state index is 0.317. The Kier molecular flexibility index (Phi) is 4.45. The highest BCUT2D eigenvalue weighted by molar-refractivity contribution is 7.83. The van der Waals surface area contributed by atoms with E-state index in [2.05, 4.69) is 5.14 Å². The number of carboxylic acids is 1. The number of carboxylic acid groups (broad SMARTS) is 1. The monoisotopic (exact) mass is 323 g/mol. The summed E-state index contributed by atoms with van der Waals surface area (Å²) in [6.45, 7) is 0.